The first-order valence-corrected chi connectivity index (χ1v) is 13.7. The van der Waals surface area contributed by atoms with Crippen LogP contribution in [0.1, 0.15) is 83.8 Å². The number of carbonyl (C=O) groups excluding carboxylic acids is 2. The highest BCUT2D eigenvalue weighted by atomic mass is 28.3. The first-order valence-electron chi connectivity index (χ1n) is 11.5. The van der Waals surface area contributed by atoms with Crippen molar-refractivity contribution in [3.05, 3.63) is 47.0 Å². The largest absolute Gasteiger partial charge is 0.463 e. The van der Waals surface area contributed by atoms with Crippen molar-refractivity contribution < 1.29 is 14.3 Å². The van der Waals surface area contributed by atoms with Gasteiger partial charge in [-0.05, 0) is 44.8 Å². The Hall–Kier alpha value is -2.38. The van der Waals surface area contributed by atoms with E-state index in [9.17, 15) is 9.59 Å². The van der Waals surface area contributed by atoms with Gasteiger partial charge in [0.1, 0.15) is 8.07 Å². The normalized spacial score (nSPS) is 12.3. The third-order valence-electron chi connectivity index (χ3n) is 6.78. The summed E-state index contributed by atoms with van der Waals surface area (Å²) >= 11 is 0. The van der Waals surface area contributed by atoms with Gasteiger partial charge in [0.15, 0.2) is 0 Å². The Morgan fingerprint density at radius 2 is 1.38 bits per heavy atom. The Balaban J connectivity index is 2.81. The summed E-state index contributed by atoms with van der Waals surface area (Å²) in [5, 5.41) is 0. The molecule has 0 bridgehead atoms. The van der Waals surface area contributed by atoms with Crippen LogP contribution in [-0.2, 0) is 14.9 Å². The lowest BCUT2D eigenvalue weighted by Gasteiger charge is -2.38. The number of ether oxygens (including phenoxy) is 1. The second-order valence-electron chi connectivity index (χ2n) is 10.6. The van der Waals surface area contributed by atoms with Crippen LogP contribution in [0.2, 0.25) is 16.6 Å². The van der Waals surface area contributed by atoms with E-state index < -0.39 is 19.8 Å². The van der Waals surface area contributed by atoms with E-state index in [2.05, 4.69) is 79.8 Å². The molecule has 0 aromatic carbocycles. The van der Waals surface area contributed by atoms with Crippen molar-refractivity contribution in [3.63, 3.8) is 0 Å². The summed E-state index contributed by atoms with van der Waals surface area (Å²) in [6, 6.07) is 9.88. The van der Waals surface area contributed by atoms with Gasteiger partial charge in [0.25, 0.3) is 5.78 Å². The van der Waals surface area contributed by atoms with Crippen molar-refractivity contribution in [3.8, 4) is 22.6 Å². The monoisotopic (exact) mass is 450 g/mol. The molecule has 0 atom stereocenters. The van der Waals surface area contributed by atoms with Gasteiger partial charge >= 0.3 is 5.97 Å². The van der Waals surface area contributed by atoms with Gasteiger partial charge in [-0.25, -0.2) is 4.79 Å². The van der Waals surface area contributed by atoms with E-state index in [0.29, 0.717) is 22.2 Å². The lowest BCUT2D eigenvalue weighted by atomic mass is 9.88. The Morgan fingerprint density at radius 1 is 0.875 bits per heavy atom. The van der Waals surface area contributed by atoms with E-state index in [0.717, 1.165) is 22.3 Å². The van der Waals surface area contributed by atoms with Crippen LogP contribution in [0.4, 0.5) is 0 Å². The topological polar surface area (TPSA) is 43.4 Å². The average molecular weight is 451 g/mol. The third-order valence-corrected chi connectivity index (χ3v) is 13.1. The highest BCUT2D eigenvalue weighted by Gasteiger charge is 2.41. The highest BCUT2D eigenvalue weighted by Crippen LogP contribution is 2.41. The number of fused-ring (bicyclic) bond motifs is 1. The van der Waals surface area contributed by atoms with Crippen molar-refractivity contribution in [1.82, 2.24) is 0 Å². The SMILES string of the molecule is COC(=O)C(=O)c1cc(C#C[Si](C(C)C)(C(C)C)C(C)C)c2ccc(C(C)(C)C)ccc1-2. The van der Waals surface area contributed by atoms with Crippen LogP contribution in [0.25, 0.3) is 11.1 Å². The van der Waals surface area contributed by atoms with Crippen molar-refractivity contribution >= 4 is 19.8 Å². The average Bonchev–Trinajstić information content (AvgIpc) is 2.87. The Kier molecular flexibility index (Phi) is 7.78. The molecule has 0 amide bonds. The van der Waals surface area contributed by atoms with Gasteiger partial charge in [0.2, 0.25) is 0 Å². The van der Waals surface area contributed by atoms with Gasteiger partial charge < -0.3 is 4.74 Å². The van der Waals surface area contributed by atoms with Crippen LogP contribution in [0.15, 0.2) is 30.3 Å². The van der Waals surface area contributed by atoms with E-state index in [1.54, 1.807) is 6.07 Å². The van der Waals surface area contributed by atoms with E-state index in [-0.39, 0.29) is 5.41 Å². The molecule has 0 unspecified atom stereocenters. The predicted molar refractivity (Wildman–Crippen MR) is 136 cm³/mol. The number of hydrogen-bond donors (Lipinski definition) is 0. The molecule has 0 N–H and O–H groups in total. The maximum Gasteiger partial charge on any atom is 0.379 e. The molecule has 0 heterocycles. The molecule has 0 saturated heterocycles. The molecule has 0 aromatic heterocycles. The molecule has 0 radical (unpaired) electrons. The molecule has 4 heteroatoms. The fourth-order valence-corrected chi connectivity index (χ4v) is 10.2. The van der Waals surface area contributed by atoms with Gasteiger partial charge in [0, 0.05) is 11.1 Å². The zero-order valence-electron chi connectivity index (χ0n) is 21.3. The molecule has 0 aliphatic heterocycles. The first-order chi connectivity index (χ1) is 14.8. The number of carbonyl (C=O) groups is 2. The van der Waals surface area contributed by atoms with Gasteiger partial charge in [-0.1, -0.05) is 92.5 Å². The smallest absolute Gasteiger partial charge is 0.379 e. The zero-order valence-corrected chi connectivity index (χ0v) is 22.3. The van der Waals surface area contributed by atoms with Crippen LogP contribution in [0.5, 0.6) is 0 Å². The quantitative estimate of drug-likeness (QED) is 0.162. The molecule has 3 nitrogen and oxygen atoms in total. The van der Waals surface area contributed by atoms with Gasteiger partial charge in [-0.15, -0.1) is 5.54 Å². The summed E-state index contributed by atoms with van der Waals surface area (Å²) in [4.78, 5) is 24.9. The summed E-state index contributed by atoms with van der Waals surface area (Å²) in [6.07, 6.45) is 0. The Morgan fingerprint density at radius 3 is 1.81 bits per heavy atom. The highest BCUT2D eigenvalue weighted by molar-refractivity contribution is 6.90. The van der Waals surface area contributed by atoms with E-state index in [1.807, 2.05) is 18.2 Å². The fourth-order valence-electron chi connectivity index (χ4n) is 4.95. The minimum absolute atomic E-state index is 0.0379. The van der Waals surface area contributed by atoms with Crippen LogP contribution in [0, 0.1) is 11.5 Å². The number of hydrogen-bond acceptors (Lipinski definition) is 3. The van der Waals surface area contributed by atoms with Gasteiger partial charge in [0.05, 0.1) is 7.11 Å². The second-order valence-corrected chi connectivity index (χ2v) is 16.2. The number of methoxy groups -OCH3 is 1. The zero-order chi connectivity index (χ0) is 24.4. The lowest BCUT2D eigenvalue weighted by Crippen LogP contribution is -2.43. The summed E-state index contributed by atoms with van der Waals surface area (Å²) in [7, 11) is -0.709. The number of esters is 1. The number of rotatable bonds is 5. The van der Waals surface area contributed by atoms with E-state index in [4.69, 9.17) is 4.74 Å². The molecular formula is C28H38O3Si. The molecule has 32 heavy (non-hydrogen) atoms. The summed E-state index contributed by atoms with van der Waals surface area (Å²) in [6.45, 7) is 20.2. The molecule has 0 saturated carbocycles. The van der Waals surface area contributed by atoms with Crippen LogP contribution < -0.4 is 0 Å². The minimum Gasteiger partial charge on any atom is -0.463 e. The number of Topliss-reactive ketones (excluding diaryl/α,β-unsaturated/α-hetero) is 1. The molecule has 2 rings (SSSR count). The van der Waals surface area contributed by atoms with Crippen LogP contribution >= 0.6 is 0 Å². The maximum absolute atomic E-state index is 12.8. The molecule has 0 aromatic rings. The second kappa shape index (κ2) is 9.63. The minimum atomic E-state index is -1.94. The Labute approximate surface area is 195 Å². The molecule has 2 aliphatic rings. The van der Waals surface area contributed by atoms with Gasteiger partial charge in [-0.3, -0.25) is 4.79 Å². The lowest BCUT2D eigenvalue weighted by molar-refractivity contribution is -0.135. The standard InChI is InChI=1S/C28H38O3Si/c1-18(2)32(19(3)4,20(5)6)16-15-21-17-25(26(29)27(30)31-10)24-14-12-22(28(7,8)9)11-13-23(21)24/h11-14,17-20H,1-10H3. The third kappa shape index (κ3) is 4.83. The van der Waals surface area contributed by atoms with E-state index >= 15 is 0 Å². The van der Waals surface area contributed by atoms with Crippen molar-refractivity contribution in [2.45, 2.75) is 84.4 Å². The van der Waals surface area contributed by atoms with Crippen molar-refractivity contribution in [2.75, 3.05) is 7.11 Å². The summed E-state index contributed by atoms with van der Waals surface area (Å²) < 4.78 is 4.72. The fraction of sp³-hybridized carbons (Fsp3) is 0.500. The molecular weight excluding hydrogens is 412 g/mol. The van der Waals surface area contributed by atoms with Crippen LogP contribution in [0.3, 0.4) is 0 Å². The predicted octanol–water partition coefficient (Wildman–Crippen LogP) is 7.01. The molecule has 0 spiro atoms. The first kappa shape index (κ1) is 25.9. The Bertz CT molecular complexity index is 1010. The van der Waals surface area contributed by atoms with Crippen molar-refractivity contribution in [2.24, 2.45) is 0 Å². The van der Waals surface area contributed by atoms with E-state index in [1.165, 1.54) is 7.11 Å². The maximum atomic E-state index is 12.8. The molecule has 0 fully saturated rings. The summed E-state index contributed by atoms with van der Waals surface area (Å²) in [5.74, 6) is 2.00. The van der Waals surface area contributed by atoms with Gasteiger partial charge in [-0.2, -0.15) is 0 Å². The summed E-state index contributed by atoms with van der Waals surface area (Å²) in [5.41, 5.74) is 9.21. The number of ketones is 1. The van der Waals surface area contributed by atoms with Crippen LogP contribution in [-0.4, -0.2) is 26.9 Å². The molecule has 172 valence electrons. The van der Waals surface area contributed by atoms with Crippen molar-refractivity contribution in [1.29, 1.82) is 0 Å². The molecule has 2 aliphatic carbocycles.